The summed E-state index contributed by atoms with van der Waals surface area (Å²) in [6.45, 7) is 4.24. The number of likely N-dealkylation sites (tertiary alicyclic amines) is 1. The van der Waals surface area contributed by atoms with Gasteiger partial charge in [0.1, 0.15) is 0 Å². The van der Waals surface area contributed by atoms with Crippen LogP contribution in [0.15, 0.2) is 42.5 Å². The van der Waals surface area contributed by atoms with Crippen LogP contribution in [0.1, 0.15) is 24.0 Å². The Labute approximate surface area is 175 Å². The summed E-state index contributed by atoms with van der Waals surface area (Å²) in [4.78, 5) is 5.04. The van der Waals surface area contributed by atoms with Gasteiger partial charge in [-0.2, -0.15) is 0 Å². The SMILES string of the molecule is COc1ccc(CN(C)C2CCCN(CCc3ccccc3)C2)c(OC)c1OC. The highest BCUT2D eigenvalue weighted by atomic mass is 16.5. The lowest BCUT2D eigenvalue weighted by Crippen LogP contribution is -2.46. The lowest BCUT2D eigenvalue weighted by molar-refractivity contribution is 0.112. The molecule has 1 aliphatic heterocycles. The molecule has 1 saturated heterocycles. The monoisotopic (exact) mass is 398 g/mol. The average molecular weight is 399 g/mol. The minimum atomic E-state index is 0.539. The Bertz CT molecular complexity index is 766. The molecule has 2 aromatic carbocycles. The van der Waals surface area contributed by atoms with Crippen molar-refractivity contribution >= 4 is 0 Å². The molecular formula is C24H34N2O3. The van der Waals surface area contributed by atoms with E-state index >= 15 is 0 Å². The van der Waals surface area contributed by atoms with Crippen molar-refractivity contribution in [3.05, 3.63) is 53.6 Å². The topological polar surface area (TPSA) is 34.2 Å². The molecule has 0 bridgehead atoms. The highest BCUT2D eigenvalue weighted by molar-refractivity contribution is 5.55. The lowest BCUT2D eigenvalue weighted by Gasteiger charge is -2.38. The van der Waals surface area contributed by atoms with Gasteiger partial charge in [-0.3, -0.25) is 4.90 Å². The van der Waals surface area contributed by atoms with Crippen LogP contribution in [0.25, 0.3) is 0 Å². The van der Waals surface area contributed by atoms with Gasteiger partial charge in [0.15, 0.2) is 11.5 Å². The van der Waals surface area contributed by atoms with Crippen LogP contribution < -0.4 is 14.2 Å². The van der Waals surface area contributed by atoms with Gasteiger partial charge in [-0.05, 0) is 44.5 Å². The number of likely N-dealkylation sites (N-methyl/N-ethyl adjacent to an activating group) is 1. The quantitative estimate of drug-likeness (QED) is 0.641. The van der Waals surface area contributed by atoms with Gasteiger partial charge in [0.2, 0.25) is 5.75 Å². The molecule has 0 saturated carbocycles. The highest BCUT2D eigenvalue weighted by Crippen LogP contribution is 2.40. The summed E-state index contributed by atoms with van der Waals surface area (Å²) < 4.78 is 16.6. The zero-order chi connectivity index (χ0) is 20.6. The van der Waals surface area contributed by atoms with E-state index in [0.717, 1.165) is 37.4 Å². The molecule has 5 nitrogen and oxygen atoms in total. The molecule has 5 heteroatoms. The molecule has 1 unspecified atom stereocenters. The zero-order valence-electron chi connectivity index (χ0n) is 18.2. The average Bonchev–Trinajstić information content (AvgIpc) is 2.78. The maximum atomic E-state index is 5.66. The molecule has 0 aromatic heterocycles. The van der Waals surface area contributed by atoms with Crippen LogP contribution in [-0.2, 0) is 13.0 Å². The van der Waals surface area contributed by atoms with Crippen LogP contribution in [0, 0.1) is 0 Å². The molecule has 0 aliphatic carbocycles. The van der Waals surface area contributed by atoms with Crippen molar-refractivity contribution in [2.45, 2.75) is 31.8 Å². The minimum Gasteiger partial charge on any atom is -0.493 e. The van der Waals surface area contributed by atoms with Gasteiger partial charge in [0.05, 0.1) is 21.3 Å². The second-order valence-electron chi connectivity index (χ2n) is 7.74. The zero-order valence-corrected chi connectivity index (χ0v) is 18.2. The largest absolute Gasteiger partial charge is 0.493 e. The number of rotatable bonds is 9. The fourth-order valence-electron chi connectivity index (χ4n) is 4.21. The van der Waals surface area contributed by atoms with Crippen molar-refractivity contribution in [3.8, 4) is 17.2 Å². The van der Waals surface area contributed by atoms with E-state index in [0.29, 0.717) is 17.5 Å². The molecule has 158 valence electrons. The predicted octanol–water partition coefficient (Wildman–Crippen LogP) is 3.85. The standard InChI is InChI=1S/C24H34N2O3/c1-25(17-20-12-13-22(27-2)24(29-4)23(20)28-3)21-11-8-15-26(18-21)16-14-19-9-6-5-7-10-19/h5-7,9-10,12-13,21H,8,11,14-18H2,1-4H3. The van der Waals surface area contributed by atoms with E-state index in [1.807, 2.05) is 6.07 Å². The molecule has 1 atom stereocenters. The van der Waals surface area contributed by atoms with Gasteiger partial charge in [0.25, 0.3) is 0 Å². The lowest BCUT2D eigenvalue weighted by atomic mass is 10.0. The van der Waals surface area contributed by atoms with Crippen LogP contribution in [0.3, 0.4) is 0 Å². The van der Waals surface area contributed by atoms with Gasteiger partial charge in [-0.25, -0.2) is 0 Å². The molecule has 3 rings (SSSR count). The number of hydrogen-bond donors (Lipinski definition) is 0. The first-order valence-electron chi connectivity index (χ1n) is 10.4. The van der Waals surface area contributed by atoms with Crippen LogP contribution in [0.5, 0.6) is 17.2 Å². The second-order valence-corrected chi connectivity index (χ2v) is 7.74. The van der Waals surface area contributed by atoms with E-state index in [1.165, 1.54) is 24.9 Å². The highest BCUT2D eigenvalue weighted by Gasteiger charge is 2.25. The van der Waals surface area contributed by atoms with Gasteiger partial charge in [-0.1, -0.05) is 36.4 Å². The van der Waals surface area contributed by atoms with Crippen molar-refractivity contribution < 1.29 is 14.2 Å². The first-order valence-corrected chi connectivity index (χ1v) is 10.4. The fourth-order valence-corrected chi connectivity index (χ4v) is 4.21. The van der Waals surface area contributed by atoms with Crippen LogP contribution in [0.2, 0.25) is 0 Å². The molecule has 0 amide bonds. The predicted molar refractivity (Wildman–Crippen MR) is 117 cm³/mol. The summed E-state index contributed by atoms with van der Waals surface area (Å²) in [5, 5.41) is 0. The molecule has 0 radical (unpaired) electrons. The van der Waals surface area contributed by atoms with Gasteiger partial charge in [0, 0.05) is 31.2 Å². The van der Waals surface area contributed by atoms with E-state index in [2.05, 4.69) is 53.2 Å². The smallest absolute Gasteiger partial charge is 0.203 e. The van der Waals surface area contributed by atoms with E-state index < -0.39 is 0 Å². The third kappa shape index (κ3) is 5.43. The summed E-state index contributed by atoms with van der Waals surface area (Å²) >= 11 is 0. The Balaban J connectivity index is 1.62. The van der Waals surface area contributed by atoms with Crippen LogP contribution >= 0.6 is 0 Å². The minimum absolute atomic E-state index is 0.539. The molecule has 2 aromatic rings. The molecular weight excluding hydrogens is 364 g/mol. The van der Waals surface area contributed by atoms with Crippen molar-refractivity contribution in [1.82, 2.24) is 9.80 Å². The summed E-state index contributed by atoms with van der Waals surface area (Å²) in [6, 6.07) is 15.3. The van der Waals surface area contributed by atoms with Crippen molar-refractivity contribution in [2.24, 2.45) is 0 Å². The van der Waals surface area contributed by atoms with Crippen molar-refractivity contribution in [2.75, 3.05) is 48.0 Å². The van der Waals surface area contributed by atoms with E-state index in [1.54, 1.807) is 21.3 Å². The third-order valence-electron chi connectivity index (χ3n) is 5.87. The van der Waals surface area contributed by atoms with Gasteiger partial charge in [-0.15, -0.1) is 0 Å². The molecule has 1 fully saturated rings. The number of hydrogen-bond acceptors (Lipinski definition) is 5. The number of ether oxygens (including phenoxy) is 3. The maximum absolute atomic E-state index is 5.66. The Morgan fingerprint density at radius 1 is 0.966 bits per heavy atom. The molecule has 0 spiro atoms. The Morgan fingerprint density at radius 2 is 1.72 bits per heavy atom. The molecule has 1 aliphatic rings. The van der Waals surface area contributed by atoms with Gasteiger partial charge < -0.3 is 19.1 Å². The number of piperidine rings is 1. The van der Waals surface area contributed by atoms with Crippen LogP contribution in [-0.4, -0.2) is 63.9 Å². The van der Waals surface area contributed by atoms with E-state index in [9.17, 15) is 0 Å². The number of nitrogens with zero attached hydrogens (tertiary/aromatic N) is 2. The summed E-state index contributed by atoms with van der Waals surface area (Å²) in [5.41, 5.74) is 2.53. The van der Waals surface area contributed by atoms with Gasteiger partial charge >= 0.3 is 0 Å². The van der Waals surface area contributed by atoms with Crippen LogP contribution in [0.4, 0.5) is 0 Å². The first-order chi connectivity index (χ1) is 14.2. The Hall–Kier alpha value is -2.24. The third-order valence-corrected chi connectivity index (χ3v) is 5.87. The molecule has 0 N–H and O–H groups in total. The first kappa shape index (κ1) is 21.5. The van der Waals surface area contributed by atoms with E-state index in [4.69, 9.17) is 14.2 Å². The number of benzene rings is 2. The maximum Gasteiger partial charge on any atom is 0.203 e. The molecule has 29 heavy (non-hydrogen) atoms. The van der Waals surface area contributed by atoms with Crippen molar-refractivity contribution in [1.29, 1.82) is 0 Å². The Kier molecular flexibility index (Phi) is 7.78. The van der Waals surface area contributed by atoms with E-state index in [-0.39, 0.29) is 0 Å². The number of methoxy groups -OCH3 is 3. The second kappa shape index (κ2) is 10.5. The fraction of sp³-hybridized carbons (Fsp3) is 0.500. The molecule has 1 heterocycles. The summed E-state index contributed by atoms with van der Waals surface area (Å²) in [5.74, 6) is 2.12. The van der Waals surface area contributed by atoms with Crippen molar-refractivity contribution in [3.63, 3.8) is 0 Å². The normalized spacial score (nSPS) is 17.3. The summed E-state index contributed by atoms with van der Waals surface area (Å²) in [7, 11) is 7.20. The Morgan fingerprint density at radius 3 is 2.41 bits per heavy atom. The summed E-state index contributed by atoms with van der Waals surface area (Å²) in [6.07, 6.45) is 3.58.